The van der Waals surface area contributed by atoms with Crippen molar-refractivity contribution >= 4 is 15.7 Å². The summed E-state index contributed by atoms with van der Waals surface area (Å²) in [6, 6.07) is 1.71. The molecule has 0 unspecified atom stereocenters. The van der Waals surface area contributed by atoms with Gasteiger partial charge in [0.05, 0.1) is 9.82 Å². The van der Waals surface area contributed by atoms with E-state index in [4.69, 9.17) is 5.11 Å². The van der Waals surface area contributed by atoms with Gasteiger partial charge in [-0.15, -0.1) is 0 Å². The molecule has 0 radical (unpaired) electrons. The molecule has 0 spiro atoms. The van der Waals surface area contributed by atoms with Crippen molar-refractivity contribution in [1.29, 1.82) is 0 Å². The Bertz CT molecular complexity index is 658. The standard InChI is InChI=1S/C12H17FN2O5S/c1-8-6-9(7-10(11(8)13)15(17)18)21(19,20)14-12(2,3)4-5-16/h6-7,14,16H,4-5H2,1-3H3. The van der Waals surface area contributed by atoms with Crippen LogP contribution in [-0.2, 0) is 10.0 Å². The van der Waals surface area contributed by atoms with Gasteiger partial charge in [-0.05, 0) is 38.8 Å². The van der Waals surface area contributed by atoms with E-state index in [1.807, 2.05) is 0 Å². The van der Waals surface area contributed by atoms with Gasteiger partial charge < -0.3 is 5.11 Å². The quantitative estimate of drug-likeness (QED) is 0.609. The molecule has 0 amide bonds. The Kier molecular flexibility index (Phi) is 5.03. The third-order valence-corrected chi connectivity index (χ3v) is 4.54. The second kappa shape index (κ2) is 6.04. The van der Waals surface area contributed by atoms with E-state index in [1.165, 1.54) is 6.92 Å². The van der Waals surface area contributed by atoms with E-state index in [0.29, 0.717) is 6.07 Å². The number of hydrogen-bond donors (Lipinski definition) is 2. The molecule has 0 aliphatic heterocycles. The predicted molar refractivity (Wildman–Crippen MR) is 73.9 cm³/mol. The molecule has 0 aromatic heterocycles. The van der Waals surface area contributed by atoms with Crippen molar-refractivity contribution in [3.05, 3.63) is 33.6 Å². The summed E-state index contributed by atoms with van der Waals surface area (Å²) in [5.41, 5.74) is -1.97. The van der Waals surface area contributed by atoms with E-state index in [1.54, 1.807) is 13.8 Å². The van der Waals surface area contributed by atoms with Crippen LogP contribution in [0.5, 0.6) is 0 Å². The molecule has 0 saturated carbocycles. The molecule has 1 aromatic carbocycles. The van der Waals surface area contributed by atoms with Gasteiger partial charge >= 0.3 is 5.69 Å². The first-order valence-electron chi connectivity index (χ1n) is 6.09. The van der Waals surface area contributed by atoms with Crippen LogP contribution in [0.2, 0.25) is 0 Å². The van der Waals surface area contributed by atoms with E-state index < -0.39 is 32.0 Å². The highest BCUT2D eigenvalue weighted by Gasteiger charge is 2.29. The number of nitro groups is 1. The van der Waals surface area contributed by atoms with Crippen molar-refractivity contribution in [3.63, 3.8) is 0 Å². The van der Waals surface area contributed by atoms with Gasteiger partial charge in [0.15, 0.2) is 0 Å². The lowest BCUT2D eigenvalue weighted by Gasteiger charge is -2.25. The van der Waals surface area contributed by atoms with Crippen LogP contribution in [-0.4, -0.2) is 30.6 Å². The SMILES string of the molecule is Cc1cc(S(=O)(=O)NC(C)(C)CCO)cc([N+](=O)[O-])c1F. The van der Waals surface area contributed by atoms with Crippen molar-refractivity contribution in [2.24, 2.45) is 0 Å². The Morgan fingerprint density at radius 2 is 2.00 bits per heavy atom. The maximum absolute atomic E-state index is 13.6. The minimum absolute atomic E-state index is 0.135. The van der Waals surface area contributed by atoms with Crippen LogP contribution in [0.15, 0.2) is 17.0 Å². The molecule has 0 bridgehead atoms. The summed E-state index contributed by atoms with van der Waals surface area (Å²) >= 11 is 0. The Balaban J connectivity index is 3.30. The van der Waals surface area contributed by atoms with Crippen molar-refractivity contribution in [1.82, 2.24) is 4.72 Å². The van der Waals surface area contributed by atoms with Gasteiger partial charge in [0, 0.05) is 18.2 Å². The second-order valence-electron chi connectivity index (χ2n) is 5.29. The van der Waals surface area contributed by atoms with Gasteiger partial charge in [-0.25, -0.2) is 13.1 Å². The Morgan fingerprint density at radius 1 is 1.43 bits per heavy atom. The van der Waals surface area contributed by atoms with E-state index in [2.05, 4.69) is 4.72 Å². The Hall–Kier alpha value is -1.58. The maximum atomic E-state index is 13.6. The monoisotopic (exact) mass is 320 g/mol. The molecule has 1 rings (SSSR count). The lowest BCUT2D eigenvalue weighted by atomic mass is 10.0. The minimum Gasteiger partial charge on any atom is -0.396 e. The maximum Gasteiger partial charge on any atom is 0.306 e. The molecule has 21 heavy (non-hydrogen) atoms. The van der Waals surface area contributed by atoms with Crippen LogP contribution in [0.1, 0.15) is 25.8 Å². The smallest absolute Gasteiger partial charge is 0.306 e. The van der Waals surface area contributed by atoms with Crippen molar-refractivity contribution in [2.75, 3.05) is 6.61 Å². The molecular formula is C12H17FN2O5S. The lowest BCUT2D eigenvalue weighted by molar-refractivity contribution is -0.387. The highest BCUT2D eigenvalue weighted by atomic mass is 32.2. The van der Waals surface area contributed by atoms with Crippen molar-refractivity contribution < 1.29 is 22.8 Å². The fraction of sp³-hybridized carbons (Fsp3) is 0.500. The molecule has 118 valence electrons. The van der Waals surface area contributed by atoms with Gasteiger partial charge in [0.1, 0.15) is 0 Å². The first-order valence-corrected chi connectivity index (χ1v) is 7.58. The summed E-state index contributed by atoms with van der Waals surface area (Å²) < 4.78 is 40.4. The Morgan fingerprint density at radius 3 is 2.48 bits per heavy atom. The second-order valence-corrected chi connectivity index (χ2v) is 6.98. The molecule has 7 nitrogen and oxygen atoms in total. The number of nitrogens with zero attached hydrogens (tertiary/aromatic N) is 1. The highest BCUT2D eigenvalue weighted by Crippen LogP contribution is 2.26. The number of aliphatic hydroxyl groups excluding tert-OH is 1. The van der Waals surface area contributed by atoms with E-state index in [9.17, 15) is 22.9 Å². The predicted octanol–water partition coefficient (Wildman–Crippen LogP) is 1.48. The van der Waals surface area contributed by atoms with Crippen LogP contribution in [0.25, 0.3) is 0 Å². The molecule has 0 aliphatic rings. The molecule has 0 atom stereocenters. The average Bonchev–Trinajstić information content (AvgIpc) is 2.30. The average molecular weight is 320 g/mol. The van der Waals surface area contributed by atoms with Crippen molar-refractivity contribution in [3.8, 4) is 0 Å². The lowest BCUT2D eigenvalue weighted by Crippen LogP contribution is -2.43. The zero-order chi connectivity index (χ0) is 16.4. The van der Waals surface area contributed by atoms with Gasteiger partial charge in [-0.1, -0.05) is 0 Å². The zero-order valence-electron chi connectivity index (χ0n) is 11.9. The van der Waals surface area contributed by atoms with Crippen LogP contribution < -0.4 is 4.72 Å². The normalized spacial score (nSPS) is 12.4. The minimum atomic E-state index is -4.07. The number of benzene rings is 1. The first-order chi connectivity index (χ1) is 9.50. The van der Waals surface area contributed by atoms with Crippen molar-refractivity contribution in [2.45, 2.75) is 37.6 Å². The molecule has 0 fully saturated rings. The zero-order valence-corrected chi connectivity index (χ0v) is 12.7. The Labute approximate surface area is 122 Å². The van der Waals surface area contributed by atoms with Gasteiger partial charge in [0.25, 0.3) is 0 Å². The molecule has 0 heterocycles. The fourth-order valence-corrected chi connectivity index (χ4v) is 3.31. The third kappa shape index (κ3) is 4.19. The third-order valence-electron chi connectivity index (χ3n) is 2.86. The highest BCUT2D eigenvalue weighted by molar-refractivity contribution is 7.89. The summed E-state index contributed by atoms with van der Waals surface area (Å²) in [4.78, 5) is 9.40. The van der Waals surface area contributed by atoms with Gasteiger partial charge in [0.2, 0.25) is 15.8 Å². The van der Waals surface area contributed by atoms with Crippen LogP contribution in [0, 0.1) is 22.9 Å². The summed E-state index contributed by atoms with van der Waals surface area (Å²) in [6.45, 7) is 4.15. The fourth-order valence-electron chi connectivity index (χ4n) is 1.76. The first kappa shape index (κ1) is 17.5. The van der Waals surface area contributed by atoms with E-state index in [0.717, 1.165) is 6.07 Å². The number of aryl methyl sites for hydroxylation is 1. The van der Waals surface area contributed by atoms with Crippen LogP contribution >= 0.6 is 0 Å². The van der Waals surface area contributed by atoms with Gasteiger partial charge in [-0.2, -0.15) is 4.39 Å². The topological polar surface area (TPSA) is 110 Å². The van der Waals surface area contributed by atoms with E-state index in [-0.39, 0.29) is 23.5 Å². The number of sulfonamides is 1. The number of halogens is 1. The molecule has 2 N–H and O–H groups in total. The largest absolute Gasteiger partial charge is 0.396 e. The molecule has 0 saturated heterocycles. The van der Waals surface area contributed by atoms with Crippen LogP contribution in [0.4, 0.5) is 10.1 Å². The number of rotatable bonds is 6. The summed E-state index contributed by atoms with van der Waals surface area (Å²) in [5.74, 6) is -1.06. The molecular weight excluding hydrogens is 303 g/mol. The van der Waals surface area contributed by atoms with E-state index >= 15 is 0 Å². The number of nitrogens with one attached hydrogen (secondary N) is 1. The number of hydrogen-bond acceptors (Lipinski definition) is 5. The summed E-state index contributed by atoms with van der Waals surface area (Å²) in [6.07, 6.45) is 0.161. The number of nitro benzene ring substituents is 1. The van der Waals surface area contributed by atoms with Gasteiger partial charge in [-0.3, -0.25) is 10.1 Å². The molecule has 0 aliphatic carbocycles. The number of aliphatic hydroxyl groups is 1. The summed E-state index contributed by atoms with van der Waals surface area (Å²) in [7, 11) is -4.07. The molecule has 1 aromatic rings. The summed E-state index contributed by atoms with van der Waals surface area (Å²) in [5, 5.41) is 19.7. The van der Waals surface area contributed by atoms with Crippen LogP contribution in [0.3, 0.4) is 0 Å². The molecule has 9 heteroatoms.